The van der Waals surface area contributed by atoms with Crippen LogP contribution in [0.5, 0.6) is 0 Å². The van der Waals surface area contributed by atoms with Crippen molar-refractivity contribution < 1.29 is 9.59 Å². The lowest BCUT2D eigenvalue weighted by molar-refractivity contribution is -0.148. The predicted octanol–water partition coefficient (Wildman–Crippen LogP) is 0.256. The zero-order chi connectivity index (χ0) is 13.2. The molecule has 19 heavy (non-hydrogen) atoms. The van der Waals surface area contributed by atoms with E-state index in [9.17, 15) is 9.59 Å². The van der Waals surface area contributed by atoms with E-state index < -0.39 is 0 Å². The minimum absolute atomic E-state index is 0.0189. The number of nitrogens with zero attached hydrogens (tertiary/aromatic N) is 1. The van der Waals surface area contributed by atoms with Crippen LogP contribution in [-0.2, 0) is 9.59 Å². The maximum atomic E-state index is 12.7. The van der Waals surface area contributed by atoms with Crippen LogP contribution in [0.3, 0.4) is 0 Å². The van der Waals surface area contributed by atoms with Crippen molar-refractivity contribution in [2.75, 3.05) is 19.6 Å². The molecule has 0 bridgehead atoms. The number of piperazine rings is 1. The van der Waals surface area contributed by atoms with E-state index in [0.29, 0.717) is 0 Å². The van der Waals surface area contributed by atoms with Crippen LogP contribution in [0.4, 0.5) is 0 Å². The Hall–Kier alpha value is -1.10. The lowest BCUT2D eigenvalue weighted by atomic mass is 9.86. The molecule has 1 aliphatic carbocycles. The Kier molecular flexibility index (Phi) is 3.73. The summed E-state index contributed by atoms with van der Waals surface area (Å²) in [6.07, 6.45) is 6.22. The number of hydrogen-bond acceptors (Lipinski definition) is 3. The van der Waals surface area contributed by atoms with Gasteiger partial charge in [-0.05, 0) is 38.8 Å². The van der Waals surface area contributed by atoms with Gasteiger partial charge >= 0.3 is 0 Å². The topological polar surface area (TPSA) is 61.4 Å². The van der Waals surface area contributed by atoms with Crippen molar-refractivity contribution >= 4 is 11.8 Å². The van der Waals surface area contributed by atoms with Crippen LogP contribution in [-0.4, -0.2) is 48.4 Å². The summed E-state index contributed by atoms with van der Waals surface area (Å²) in [4.78, 5) is 26.4. The van der Waals surface area contributed by atoms with Crippen LogP contribution < -0.4 is 10.6 Å². The summed E-state index contributed by atoms with van der Waals surface area (Å²) in [7, 11) is 0. The molecule has 0 aromatic carbocycles. The number of nitrogens with one attached hydrogen (secondary N) is 2. The van der Waals surface area contributed by atoms with Gasteiger partial charge in [0, 0.05) is 12.0 Å². The molecule has 2 heterocycles. The van der Waals surface area contributed by atoms with Gasteiger partial charge in [0.15, 0.2) is 0 Å². The van der Waals surface area contributed by atoms with E-state index in [4.69, 9.17) is 0 Å². The number of rotatable bonds is 1. The van der Waals surface area contributed by atoms with Crippen LogP contribution in [0.25, 0.3) is 0 Å². The fraction of sp³-hybridized carbons (Fsp3) is 0.857. The smallest absolute Gasteiger partial charge is 0.239 e. The molecule has 5 heteroatoms. The fourth-order valence-corrected chi connectivity index (χ4v) is 3.72. The summed E-state index contributed by atoms with van der Waals surface area (Å²) in [5, 5.41) is 6.35. The molecule has 2 unspecified atom stereocenters. The van der Waals surface area contributed by atoms with Gasteiger partial charge < -0.3 is 15.5 Å². The summed E-state index contributed by atoms with van der Waals surface area (Å²) in [6, 6.07) is 0.439. The molecule has 3 rings (SSSR count). The van der Waals surface area contributed by atoms with E-state index in [1.165, 1.54) is 6.42 Å². The van der Waals surface area contributed by atoms with E-state index in [2.05, 4.69) is 10.6 Å². The summed E-state index contributed by atoms with van der Waals surface area (Å²) in [5.41, 5.74) is 0. The molecule has 3 fully saturated rings. The molecule has 5 nitrogen and oxygen atoms in total. The predicted molar refractivity (Wildman–Crippen MR) is 71.5 cm³/mol. The molecule has 0 aromatic heterocycles. The first-order chi connectivity index (χ1) is 9.25. The summed E-state index contributed by atoms with van der Waals surface area (Å²) < 4.78 is 0. The Bertz CT molecular complexity index is 366. The molecular weight excluding hydrogens is 242 g/mol. The highest BCUT2D eigenvalue weighted by Crippen LogP contribution is 2.28. The highest BCUT2D eigenvalue weighted by Gasteiger charge is 2.40. The number of amides is 2. The quantitative estimate of drug-likeness (QED) is 0.715. The largest absolute Gasteiger partial charge is 0.350 e. The van der Waals surface area contributed by atoms with Crippen LogP contribution >= 0.6 is 0 Å². The molecule has 106 valence electrons. The Morgan fingerprint density at radius 1 is 1.11 bits per heavy atom. The molecule has 0 aromatic rings. The molecule has 2 saturated heterocycles. The maximum Gasteiger partial charge on any atom is 0.239 e. The second-order valence-corrected chi connectivity index (χ2v) is 6.02. The minimum Gasteiger partial charge on any atom is -0.350 e. The Morgan fingerprint density at radius 3 is 2.63 bits per heavy atom. The number of carbonyl (C=O) groups is 2. The summed E-state index contributed by atoms with van der Waals surface area (Å²) in [5.74, 6) is 0.355. The first-order valence-corrected chi connectivity index (χ1v) is 7.56. The van der Waals surface area contributed by atoms with Crippen LogP contribution in [0, 0.1) is 5.92 Å². The molecule has 1 saturated carbocycles. The summed E-state index contributed by atoms with van der Waals surface area (Å²) in [6.45, 7) is 2.11. The van der Waals surface area contributed by atoms with Crippen molar-refractivity contribution in [3.05, 3.63) is 0 Å². The van der Waals surface area contributed by atoms with Gasteiger partial charge in [-0.3, -0.25) is 9.59 Å². The zero-order valence-corrected chi connectivity index (χ0v) is 11.4. The van der Waals surface area contributed by atoms with Crippen molar-refractivity contribution in [1.29, 1.82) is 0 Å². The minimum atomic E-state index is 0.0189. The number of piperidine rings is 1. The van der Waals surface area contributed by atoms with E-state index in [0.717, 1.165) is 45.2 Å². The third kappa shape index (κ3) is 2.61. The number of carbonyl (C=O) groups excluding carboxylic acids is 2. The van der Waals surface area contributed by atoms with Gasteiger partial charge in [0.25, 0.3) is 0 Å². The standard InChI is InChI=1S/C14H23N3O2/c18-13-9-17(12-4-2-1-3-11(12)16-13)14(19)10-5-7-15-8-6-10/h10-12,15H,1-9H2,(H,16,18). The van der Waals surface area contributed by atoms with Crippen LogP contribution in [0.1, 0.15) is 38.5 Å². The van der Waals surface area contributed by atoms with Gasteiger partial charge in [0.05, 0.1) is 12.6 Å². The molecule has 2 aliphatic heterocycles. The highest BCUT2D eigenvalue weighted by atomic mass is 16.2. The molecule has 3 aliphatic rings. The van der Waals surface area contributed by atoms with Gasteiger partial charge in [-0.15, -0.1) is 0 Å². The number of fused-ring (bicyclic) bond motifs is 1. The Labute approximate surface area is 114 Å². The SMILES string of the molecule is O=C1CN(C(=O)C2CCNCC2)C2CCCCC2N1. The maximum absolute atomic E-state index is 12.7. The van der Waals surface area contributed by atoms with Crippen molar-refractivity contribution in [1.82, 2.24) is 15.5 Å². The van der Waals surface area contributed by atoms with E-state index >= 15 is 0 Å². The van der Waals surface area contributed by atoms with Gasteiger partial charge in [0.1, 0.15) is 0 Å². The molecule has 2 N–H and O–H groups in total. The summed E-state index contributed by atoms with van der Waals surface area (Å²) >= 11 is 0. The molecular formula is C14H23N3O2. The van der Waals surface area contributed by atoms with Crippen LogP contribution in [0.2, 0.25) is 0 Å². The Balaban J connectivity index is 1.72. The van der Waals surface area contributed by atoms with Crippen molar-refractivity contribution in [3.63, 3.8) is 0 Å². The average Bonchev–Trinajstić information content (AvgIpc) is 2.46. The highest BCUT2D eigenvalue weighted by molar-refractivity contribution is 5.87. The van der Waals surface area contributed by atoms with E-state index in [-0.39, 0.29) is 36.4 Å². The van der Waals surface area contributed by atoms with Gasteiger partial charge in [-0.1, -0.05) is 12.8 Å². The molecule has 0 radical (unpaired) electrons. The van der Waals surface area contributed by atoms with Gasteiger partial charge in [0.2, 0.25) is 11.8 Å². The molecule has 2 amide bonds. The third-order valence-electron chi connectivity index (χ3n) is 4.76. The second kappa shape index (κ2) is 5.49. The van der Waals surface area contributed by atoms with Crippen molar-refractivity contribution in [2.45, 2.75) is 50.6 Å². The fourth-order valence-electron chi connectivity index (χ4n) is 3.72. The Morgan fingerprint density at radius 2 is 1.84 bits per heavy atom. The molecule has 2 atom stereocenters. The number of hydrogen-bond donors (Lipinski definition) is 2. The van der Waals surface area contributed by atoms with Crippen LogP contribution in [0.15, 0.2) is 0 Å². The second-order valence-electron chi connectivity index (χ2n) is 6.02. The third-order valence-corrected chi connectivity index (χ3v) is 4.76. The lowest BCUT2D eigenvalue weighted by Gasteiger charge is -2.45. The normalized spacial score (nSPS) is 32.6. The van der Waals surface area contributed by atoms with E-state index in [1.54, 1.807) is 0 Å². The van der Waals surface area contributed by atoms with Crippen molar-refractivity contribution in [3.8, 4) is 0 Å². The van der Waals surface area contributed by atoms with Gasteiger partial charge in [-0.25, -0.2) is 0 Å². The van der Waals surface area contributed by atoms with Crippen molar-refractivity contribution in [2.24, 2.45) is 5.92 Å². The first kappa shape index (κ1) is 12.9. The molecule has 0 spiro atoms. The zero-order valence-electron chi connectivity index (χ0n) is 11.4. The van der Waals surface area contributed by atoms with Gasteiger partial charge in [-0.2, -0.15) is 0 Å². The monoisotopic (exact) mass is 265 g/mol. The lowest BCUT2D eigenvalue weighted by Crippen LogP contribution is -2.64. The van der Waals surface area contributed by atoms with E-state index in [1.807, 2.05) is 4.90 Å². The average molecular weight is 265 g/mol. The first-order valence-electron chi connectivity index (χ1n) is 7.56.